The summed E-state index contributed by atoms with van der Waals surface area (Å²) in [4.78, 5) is 0. The van der Waals surface area contributed by atoms with Gasteiger partial charge < -0.3 is 15.6 Å². The van der Waals surface area contributed by atoms with E-state index in [4.69, 9.17) is 10.5 Å². The summed E-state index contributed by atoms with van der Waals surface area (Å²) < 4.78 is 5.79. The van der Waals surface area contributed by atoms with Crippen molar-refractivity contribution in [2.24, 2.45) is 5.73 Å². The van der Waals surface area contributed by atoms with Crippen LogP contribution >= 0.6 is 0 Å². The molecule has 1 aromatic carbocycles. The zero-order valence-electron chi connectivity index (χ0n) is 8.29. The average molecular weight is 193 g/mol. The SMILES string of the molecule is Cc1c(O)cccc1OC1(CN)CC1. The van der Waals surface area contributed by atoms with E-state index < -0.39 is 0 Å². The molecule has 1 aliphatic rings. The van der Waals surface area contributed by atoms with Crippen LogP contribution in [0.5, 0.6) is 11.5 Å². The summed E-state index contributed by atoms with van der Waals surface area (Å²) in [7, 11) is 0. The van der Waals surface area contributed by atoms with Crippen LogP contribution in [-0.2, 0) is 0 Å². The molecule has 1 fully saturated rings. The summed E-state index contributed by atoms with van der Waals surface area (Å²) in [5.74, 6) is 1.02. The van der Waals surface area contributed by atoms with Gasteiger partial charge in [-0.1, -0.05) is 6.07 Å². The first-order valence-corrected chi connectivity index (χ1v) is 4.84. The number of hydrogen-bond acceptors (Lipinski definition) is 3. The van der Waals surface area contributed by atoms with Crippen molar-refractivity contribution in [1.82, 2.24) is 0 Å². The van der Waals surface area contributed by atoms with Gasteiger partial charge in [-0.15, -0.1) is 0 Å². The Kier molecular flexibility index (Phi) is 2.11. The zero-order valence-corrected chi connectivity index (χ0v) is 8.29. The van der Waals surface area contributed by atoms with Crippen molar-refractivity contribution in [1.29, 1.82) is 0 Å². The number of phenolic OH excluding ortho intramolecular Hbond substituents is 1. The molecule has 0 unspecified atom stereocenters. The molecular formula is C11H15NO2. The predicted molar refractivity (Wildman–Crippen MR) is 54.5 cm³/mol. The van der Waals surface area contributed by atoms with E-state index in [1.807, 2.05) is 13.0 Å². The number of aromatic hydroxyl groups is 1. The number of hydrogen-bond donors (Lipinski definition) is 2. The van der Waals surface area contributed by atoms with Crippen molar-refractivity contribution < 1.29 is 9.84 Å². The maximum Gasteiger partial charge on any atom is 0.126 e. The number of phenols is 1. The molecule has 0 bridgehead atoms. The monoisotopic (exact) mass is 193 g/mol. The molecule has 3 N–H and O–H groups in total. The number of rotatable bonds is 3. The van der Waals surface area contributed by atoms with E-state index in [1.54, 1.807) is 12.1 Å². The molecule has 1 aromatic rings. The molecule has 1 saturated carbocycles. The fourth-order valence-corrected chi connectivity index (χ4v) is 1.43. The molecule has 0 radical (unpaired) electrons. The Hall–Kier alpha value is -1.22. The van der Waals surface area contributed by atoms with Gasteiger partial charge in [0.2, 0.25) is 0 Å². The maximum atomic E-state index is 9.48. The van der Waals surface area contributed by atoms with Crippen molar-refractivity contribution in [2.45, 2.75) is 25.4 Å². The van der Waals surface area contributed by atoms with E-state index in [9.17, 15) is 5.11 Å². The van der Waals surface area contributed by atoms with E-state index in [0.717, 1.165) is 24.2 Å². The average Bonchev–Trinajstić information content (AvgIpc) is 2.94. The number of benzene rings is 1. The molecule has 0 saturated heterocycles. The quantitative estimate of drug-likeness (QED) is 0.766. The first-order valence-electron chi connectivity index (χ1n) is 4.84. The largest absolute Gasteiger partial charge is 0.508 e. The Morgan fingerprint density at radius 2 is 2.21 bits per heavy atom. The van der Waals surface area contributed by atoms with Gasteiger partial charge >= 0.3 is 0 Å². The van der Waals surface area contributed by atoms with Crippen molar-refractivity contribution in [3.8, 4) is 11.5 Å². The molecule has 3 nitrogen and oxygen atoms in total. The lowest BCUT2D eigenvalue weighted by molar-refractivity contribution is 0.185. The van der Waals surface area contributed by atoms with Crippen molar-refractivity contribution in [3.05, 3.63) is 23.8 Å². The summed E-state index contributed by atoms with van der Waals surface area (Å²) in [5.41, 5.74) is 6.25. The third kappa shape index (κ3) is 1.55. The molecule has 0 heterocycles. The molecular weight excluding hydrogens is 178 g/mol. The van der Waals surface area contributed by atoms with E-state index in [1.165, 1.54) is 0 Å². The second kappa shape index (κ2) is 3.17. The Morgan fingerprint density at radius 1 is 1.50 bits per heavy atom. The van der Waals surface area contributed by atoms with Crippen molar-refractivity contribution in [2.75, 3.05) is 6.54 Å². The topological polar surface area (TPSA) is 55.5 Å². The molecule has 14 heavy (non-hydrogen) atoms. The van der Waals surface area contributed by atoms with Gasteiger partial charge in [0.1, 0.15) is 17.1 Å². The zero-order chi connectivity index (χ0) is 10.2. The van der Waals surface area contributed by atoms with Crippen molar-refractivity contribution >= 4 is 0 Å². The second-order valence-corrected chi connectivity index (χ2v) is 3.89. The Labute approximate surface area is 83.5 Å². The molecule has 0 amide bonds. The highest BCUT2D eigenvalue weighted by atomic mass is 16.5. The summed E-state index contributed by atoms with van der Waals surface area (Å²) in [6.07, 6.45) is 2.02. The summed E-state index contributed by atoms with van der Waals surface area (Å²) in [5, 5.41) is 9.48. The molecule has 1 aliphatic carbocycles. The van der Waals surface area contributed by atoms with Crippen LogP contribution in [0.15, 0.2) is 18.2 Å². The van der Waals surface area contributed by atoms with Crippen LogP contribution < -0.4 is 10.5 Å². The number of ether oxygens (including phenoxy) is 1. The van der Waals surface area contributed by atoms with E-state index in [2.05, 4.69) is 0 Å². The van der Waals surface area contributed by atoms with Gasteiger partial charge in [-0.2, -0.15) is 0 Å². The first-order chi connectivity index (χ1) is 6.67. The smallest absolute Gasteiger partial charge is 0.126 e. The first kappa shape index (κ1) is 9.34. The van der Waals surface area contributed by atoms with Gasteiger partial charge in [-0.05, 0) is 31.9 Å². The Bertz CT molecular complexity index is 345. The van der Waals surface area contributed by atoms with Crippen molar-refractivity contribution in [3.63, 3.8) is 0 Å². The minimum atomic E-state index is -0.154. The molecule has 0 atom stereocenters. The highest BCUT2D eigenvalue weighted by Gasteiger charge is 2.44. The Morgan fingerprint density at radius 3 is 2.79 bits per heavy atom. The van der Waals surface area contributed by atoms with E-state index >= 15 is 0 Å². The summed E-state index contributed by atoms with van der Waals surface area (Å²) in [6, 6.07) is 5.30. The molecule has 0 spiro atoms. The predicted octanol–water partition coefficient (Wildman–Crippen LogP) is 1.57. The minimum absolute atomic E-state index is 0.154. The molecule has 0 aromatic heterocycles. The third-order valence-corrected chi connectivity index (χ3v) is 2.76. The van der Waals surface area contributed by atoms with E-state index in [-0.39, 0.29) is 11.4 Å². The van der Waals surface area contributed by atoms with Gasteiger partial charge in [0.15, 0.2) is 0 Å². The highest BCUT2D eigenvalue weighted by molar-refractivity contribution is 5.43. The molecule has 0 aliphatic heterocycles. The van der Waals surface area contributed by atoms with Gasteiger partial charge in [0.25, 0.3) is 0 Å². The maximum absolute atomic E-state index is 9.48. The van der Waals surface area contributed by atoms with Crippen LogP contribution in [0.4, 0.5) is 0 Å². The second-order valence-electron chi connectivity index (χ2n) is 3.89. The van der Waals surface area contributed by atoms with Crippen LogP contribution in [0, 0.1) is 6.92 Å². The lowest BCUT2D eigenvalue weighted by Gasteiger charge is -2.17. The third-order valence-electron chi connectivity index (χ3n) is 2.76. The van der Waals surface area contributed by atoms with Crippen LogP contribution in [0.25, 0.3) is 0 Å². The normalized spacial score (nSPS) is 17.9. The molecule has 76 valence electrons. The van der Waals surface area contributed by atoms with Crippen LogP contribution in [0.2, 0.25) is 0 Å². The lowest BCUT2D eigenvalue weighted by atomic mass is 10.2. The van der Waals surface area contributed by atoms with Gasteiger partial charge in [0, 0.05) is 12.1 Å². The number of nitrogens with two attached hydrogens (primary N) is 1. The fourth-order valence-electron chi connectivity index (χ4n) is 1.43. The fraction of sp³-hybridized carbons (Fsp3) is 0.455. The van der Waals surface area contributed by atoms with Gasteiger partial charge in [-0.3, -0.25) is 0 Å². The van der Waals surface area contributed by atoms with E-state index in [0.29, 0.717) is 6.54 Å². The standard InChI is InChI=1S/C11H15NO2/c1-8-9(13)3-2-4-10(8)14-11(7-12)5-6-11/h2-4,13H,5-7,12H2,1H3. The molecule has 3 heteroatoms. The Balaban J connectivity index is 2.21. The van der Waals surface area contributed by atoms with Crippen LogP contribution in [0.3, 0.4) is 0 Å². The van der Waals surface area contributed by atoms with Crippen LogP contribution in [0.1, 0.15) is 18.4 Å². The summed E-state index contributed by atoms with van der Waals surface area (Å²) in [6.45, 7) is 2.39. The molecule has 2 rings (SSSR count). The van der Waals surface area contributed by atoms with Gasteiger partial charge in [-0.25, -0.2) is 0 Å². The highest BCUT2D eigenvalue weighted by Crippen LogP contribution is 2.41. The van der Waals surface area contributed by atoms with Gasteiger partial charge in [0.05, 0.1) is 0 Å². The van der Waals surface area contributed by atoms with Crippen LogP contribution in [-0.4, -0.2) is 17.3 Å². The minimum Gasteiger partial charge on any atom is -0.508 e. The summed E-state index contributed by atoms with van der Waals surface area (Å²) >= 11 is 0. The lowest BCUT2D eigenvalue weighted by Crippen LogP contribution is -2.28.